The van der Waals surface area contributed by atoms with Crippen LogP contribution in [0.5, 0.6) is 17.2 Å². The normalized spacial score (nSPS) is 10.4. The van der Waals surface area contributed by atoms with E-state index in [4.69, 9.17) is 14.2 Å². The smallest absolute Gasteiger partial charge is 0.224 e. The van der Waals surface area contributed by atoms with Crippen LogP contribution in [0.3, 0.4) is 0 Å². The molecule has 2 aromatic rings. The molecular formula is C21H27NO4S. The molecule has 1 N–H and O–H groups in total. The number of carbonyl (C=O) groups is 1. The van der Waals surface area contributed by atoms with E-state index in [1.54, 1.807) is 45.2 Å². The molecule has 2 aromatic carbocycles. The summed E-state index contributed by atoms with van der Waals surface area (Å²) in [5.41, 5.74) is 3.38. The highest BCUT2D eigenvalue weighted by Crippen LogP contribution is 2.38. The molecule has 0 aliphatic rings. The Morgan fingerprint density at radius 3 is 2.19 bits per heavy atom. The lowest BCUT2D eigenvalue weighted by Gasteiger charge is -2.14. The summed E-state index contributed by atoms with van der Waals surface area (Å²) in [5, 5.41) is 2.96. The molecule has 0 aliphatic heterocycles. The maximum Gasteiger partial charge on any atom is 0.224 e. The van der Waals surface area contributed by atoms with Gasteiger partial charge in [-0.1, -0.05) is 6.07 Å². The van der Waals surface area contributed by atoms with Gasteiger partial charge in [0.25, 0.3) is 0 Å². The van der Waals surface area contributed by atoms with Crippen LogP contribution in [-0.2, 0) is 11.2 Å². The van der Waals surface area contributed by atoms with E-state index in [0.717, 1.165) is 11.3 Å². The first kappa shape index (κ1) is 21.0. The zero-order chi connectivity index (χ0) is 19.8. The summed E-state index contributed by atoms with van der Waals surface area (Å²) >= 11 is 1.74. The number of methoxy groups -OCH3 is 3. The Bertz CT molecular complexity index is 767. The Morgan fingerprint density at radius 1 is 0.963 bits per heavy atom. The predicted molar refractivity (Wildman–Crippen MR) is 109 cm³/mol. The number of aryl methyl sites for hydroxylation is 2. The number of nitrogens with one attached hydrogen (secondary N) is 1. The van der Waals surface area contributed by atoms with Gasteiger partial charge in [0.1, 0.15) is 0 Å². The van der Waals surface area contributed by atoms with Crippen molar-refractivity contribution in [2.45, 2.75) is 25.2 Å². The van der Waals surface area contributed by atoms with Crippen LogP contribution in [0.15, 0.2) is 35.2 Å². The summed E-state index contributed by atoms with van der Waals surface area (Å²) in [6, 6.07) is 10.0. The summed E-state index contributed by atoms with van der Waals surface area (Å²) < 4.78 is 16.0. The SMILES string of the molecule is COc1cc(CC(=O)NCCSc2ccc(C)c(C)c2)cc(OC)c1OC. The molecule has 6 heteroatoms. The van der Waals surface area contributed by atoms with Crippen molar-refractivity contribution >= 4 is 17.7 Å². The quantitative estimate of drug-likeness (QED) is 0.522. The molecule has 1 amide bonds. The maximum absolute atomic E-state index is 12.2. The van der Waals surface area contributed by atoms with E-state index in [1.807, 2.05) is 0 Å². The van der Waals surface area contributed by atoms with E-state index in [-0.39, 0.29) is 12.3 Å². The Morgan fingerprint density at radius 2 is 1.63 bits per heavy atom. The van der Waals surface area contributed by atoms with E-state index < -0.39 is 0 Å². The highest BCUT2D eigenvalue weighted by atomic mass is 32.2. The highest BCUT2D eigenvalue weighted by Gasteiger charge is 2.14. The molecule has 0 saturated heterocycles. The van der Waals surface area contributed by atoms with Gasteiger partial charge in [0.15, 0.2) is 11.5 Å². The second-order valence-corrected chi connectivity index (χ2v) is 7.32. The van der Waals surface area contributed by atoms with Crippen LogP contribution in [0, 0.1) is 13.8 Å². The zero-order valence-electron chi connectivity index (χ0n) is 16.5. The average molecular weight is 390 g/mol. The van der Waals surface area contributed by atoms with Crippen LogP contribution in [0.2, 0.25) is 0 Å². The van der Waals surface area contributed by atoms with Gasteiger partial charge in [-0.15, -0.1) is 11.8 Å². The lowest BCUT2D eigenvalue weighted by atomic mass is 10.1. The Hall–Kier alpha value is -2.34. The first-order valence-electron chi connectivity index (χ1n) is 8.74. The van der Waals surface area contributed by atoms with Gasteiger partial charge < -0.3 is 19.5 Å². The van der Waals surface area contributed by atoms with Gasteiger partial charge in [-0.25, -0.2) is 0 Å². The molecule has 2 rings (SSSR count). The van der Waals surface area contributed by atoms with Gasteiger partial charge in [0, 0.05) is 17.2 Å². The van der Waals surface area contributed by atoms with Crippen molar-refractivity contribution in [3.8, 4) is 17.2 Å². The average Bonchev–Trinajstić information content (AvgIpc) is 2.67. The second kappa shape index (κ2) is 10.1. The fraction of sp³-hybridized carbons (Fsp3) is 0.381. The number of benzene rings is 2. The largest absolute Gasteiger partial charge is 0.493 e. The molecule has 0 fully saturated rings. The van der Waals surface area contributed by atoms with Gasteiger partial charge in [-0.2, -0.15) is 0 Å². The molecule has 5 nitrogen and oxygen atoms in total. The van der Waals surface area contributed by atoms with E-state index in [2.05, 4.69) is 37.4 Å². The van der Waals surface area contributed by atoms with E-state index in [9.17, 15) is 4.79 Å². The molecule has 0 atom stereocenters. The molecule has 0 bridgehead atoms. The molecule has 27 heavy (non-hydrogen) atoms. The van der Waals surface area contributed by atoms with Gasteiger partial charge in [-0.3, -0.25) is 4.79 Å². The van der Waals surface area contributed by atoms with Crippen molar-refractivity contribution in [3.05, 3.63) is 47.0 Å². The van der Waals surface area contributed by atoms with E-state index in [1.165, 1.54) is 16.0 Å². The number of ether oxygens (including phenoxy) is 3. The standard InChI is InChI=1S/C21H27NO4S/c1-14-6-7-17(10-15(14)2)27-9-8-22-20(23)13-16-11-18(24-3)21(26-5)19(12-16)25-4/h6-7,10-12H,8-9,13H2,1-5H3,(H,22,23). The molecule has 146 valence electrons. The topological polar surface area (TPSA) is 56.8 Å². The molecule has 0 radical (unpaired) electrons. The molecule has 0 aromatic heterocycles. The van der Waals surface area contributed by atoms with Crippen LogP contribution < -0.4 is 19.5 Å². The molecule has 0 spiro atoms. The Kier molecular flexibility index (Phi) is 7.85. The number of hydrogen-bond acceptors (Lipinski definition) is 5. The van der Waals surface area contributed by atoms with E-state index in [0.29, 0.717) is 23.8 Å². The minimum atomic E-state index is -0.0371. The minimum absolute atomic E-state index is 0.0371. The van der Waals surface area contributed by atoms with Crippen LogP contribution in [-0.4, -0.2) is 39.5 Å². The molecule has 0 unspecified atom stereocenters. The fourth-order valence-corrected chi connectivity index (χ4v) is 3.51. The van der Waals surface area contributed by atoms with Crippen LogP contribution in [0.4, 0.5) is 0 Å². The third-order valence-corrected chi connectivity index (χ3v) is 5.26. The Balaban J connectivity index is 1.87. The predicted octanol–water partition coefficient (Wildman–Crippen LogP) is 3.78. The van der Waals surface area contributed by atoms with Crippen molar-refractivity contribution in [2.75, 3.05) is 33.6 Å². The molecule has 0 heterocycles. The van der Waals surface area contributed by atoms with Crippen LogP contribution in [0.25, 0.3) is 0 Å². The minimum Gasteiger partial charge on any atom is -0.493 e. The number of hydrogen-bond donors (Lipinski definition) is 1. The summed E-state index contributed by atoms with van der Waals surface area (Å²) in [4.78, 5) is 13.5. The van der Waals surface area contributed by atoms with Crippen molar-refractivity contribution in [1.82, 2.24) is 5.32 Å². The lowest BCUT2D eigenvalue weighted by Crippen LogP contribution is -2.27. The zero-order valence-corrected chi connectivity index (χ0v) is 17.4. The highest BCUT2D eigenvalue weighted by molar-refractivity contribution is 7.99. The fourth-order valence-electron chi connectivity index (χ4n) is 2.65. The summed E-state index contributed by atoms with van der Waals surface area (Å²) in [5.74, 6) is 2.40. The molecular weight excluding hydrogens is 362 g/mol. The number of carbonyl (C=O) groups excluding carboxylic acids is 1. The second-order valence-electron chi connectivity index (χ2n) is 6.15. The van der Waals surface area contributed by atoms with Crippen molar-refractivity contribution in [1.29, 1.82) is 0 Å². The molecule has 0 saturated carbocycles. The van der Waals surface area contributed by atoms with Crippen molar-refractivity contribution in [3.63, 3.8) is 0 Å². The summed E-state index contributed by atoms with van der Waals surface area (Å²) in [6.45, 7) is 4.83. The van der Waals surface area contributed by atoms with Crippen LogP contribution >= 0.6 is 11.8 Å². The summed E-state index contributed by atoms with van der Waals surface area (Å²) in [7, 11) is 4.68. The summed E-state index contributed by atoms with van der Waals surface area (Å²) in [6.07, 6.45) is 0.255. The number of rotatable bonds is 9. The molecule has 0 aliphatic carbocycles. The lowest BCUT2D eigenvalue weighted by molar-refractivity contribution is -0.120. The monoisotopic (exact) mass is 389 g/mol. The van der Waals surface area contributed by atoms with Gasteiger partial charge in [-0.05, 0) is 54.8 Å². The number of thioether (sulfide) groups is 1. The maximum atomic E-state index is 12.2. The first-order chi connectivity index (χ1) is 13.0. The van der Waals surface area contributed by atoms with Gasteiger partial charge >= 0.3 is 0 Å². The third-order valence-electron chi connectivity index (χ3n) is 4.26. The van der Waals surface area contributed by atoms with E-state index >= 15 is 0 Å². The van der Waals surface area contributed by atoms with Crippen molar-refractivity contribution in [2.24, 2.45) is 0 Å². The third kappa shape index (κ3) is 5.82. The van der Waals surface area contributed by atoms with Gasteiger partial charge in [0.05, 0.1) is 27.8 Å². The number of amides is 1. The first-order valence-corrected chi connectivity index (χ1v) is 9.72. The van der Waals surface area contributed by atoms with Crippen LogP contribution in [0.1, 0.15) is 16.7 Å². The Labute approximate surface area is 165 Å². The van der Waals surface area contributed by atoms with Crippen molar-refractivity contribution < 1.29 is 19.0 Å². The van der Waals surface area contributed by atoms with Gasteiger partial charge in [0.2, 0.25) is 11.7 Å².